The lowest BCUT2D eigenvalue weighted by Crippen LogP contribution is -2.49. The van der Waals surface area contributed by atoms with Crippen LogP contribution in [0.15, 0.2) is 48.5 Å². The Kier molecular flexibility index (Phi) is 7.39. The van der Waals surface area contributed by atoms with Crippen LogP contribution in [0.2, 0.25) is 0 Å². The highest BCUT2D eigenvalue weighted by Gasteiger charge is 2.31. The number of benzene rings is 2. The van der Waals surface area contributed by atoms with Crippen molar-refractivity contribution < 1.29 is 22.3 Å². The highest BCUT2D eigenvalue weighted by atomic mass is 32.2. The van der Waals surface area contributed by atoms with Crippen LogP contribution in [0.5, 0.6) is 5.75 Å². The van der Waals surface area contributed by atoms with Gasteiger partial charge in [0.25, 0.3) is 0 Å². The van der Waals surface area contributed by atoms with E-state index >= 15 is 0 Å². The van der Waals surface area contributed by atoms with Crippen molar-refractivity contribution in [1.29, 1.82) is 0 Å². The molecule has 0 heterocycles. The minimum absolute atomic E-state index is 0.251. The van der Waals surface area contributed by atoms with Gasteiger partial charge in [0.05, 0.1) is 19.1 Å². The number of carbonyl (C=O) groups excluding carboxylic acids is 1. The van der Waals surface area contributed by atoms with Crippen LogP contribution < -0.4 is 14.4 Å². The van der Waals surface area contributed by atoms with E-state index in [-0.39, 0.29) is 12.1 Å². The van der Waals surface area contributed by atoms with Gasteiger partial charge in [-0.15, -0.1) is 0 Å². The van der Waals surface area contributed by atoms with Crippen molar-refractivity contribution in [2.24, 2.45) is 0 Å². The molecule has 0 aliphatic rings. The molecule has 2 rings (SSSR count). The molecule has 0 fully saturated rings. The first kappa shape index (κ1) is 21.7. The summed E-state index contributed by atoms with van der Waals surface area (Å²) in [5, 5.41) is 2.79. The molecule has 8 heteroatoms. The van der Waals surface area contributed by atoms with Crippen LogP contribution in [0.1, 0.15) is 18.9 Å². The second-order valence-corrected chi connectivity index (χ2v) is 8.21. The summed E-state index contributed by atoms with van der Waals surface area (Å²) in [5.41, 5.74) is 1.27. The van der Waals surface area contributed by atoms with Gasteiger partial charge in [-0.25, -0.2) is 12.8 Å². The smallest absolute Gasteiger partial charge is 0.243 e. The van der Waals surface area contributed by atoms with Crippen molar-refractivity contribution in [3.8, 4) is 5.75 Å². The number of nitrogens with zero attached hydrogens (tertiary/aromatic N) is 1. The molecule has 152 valence electrons. The van der Waals surface area contributed by atoms with Crippen molar-refractivity contribution in [3.05, 3.63) is 59.9 Å². The molecule has 0 aromatic heterocycles. The van der Waals surface area contributed by atoms with Crippen LogP contribution in [0.4, 0.5) is 10.1 Å². The molecule has 0 radical (unpaired) electrons. The monoisotopic (exact) mass is 408 g/mol. The maximum atomic E-state index is 13.2. The van der Waals surface area contributed by atoms with Gasteiger partial charge < -0.3 is 10.1 Å². The summed E-state index contributed by atoms with van der Waals surface area (Å²) >= 11 is 0. The van der Waals surface area contributed by atoms with Crippen LogP contribution in [0, 0.1) is 5.82 Å². The van der Waals surface area contributed by atoms with Crippen LogP contribution in [0.25, 0.3) is 0 Å². The van der Waals surface area contributed by atoms with Crippen molar-refractivity contribution in [2.75, 3.05) is 24.2 Å². The molecule has 0 aliphatic heterocycles. The van der Waals surface area contributed by atoms with Gasteiger partial charge in [-0.2, -0.15) is 0 Å². The number of amides is 1. The summed E-state index contributed by atoms with van der Waals surface area (Å²) in [6.45, 7) is 2.10. The van der Waals surface area contributed by atoms with Crippen molar-refractivity contribution in [3.63, 3.8) is 0 Å². The third kappa shape index (κ3) is 5.69. The maximum Gasteiger partial charge on any atom is 0.243 e. The quantitative estimate of drug-likeness (QED) is 0.692. The van der Waals surface area contributed by atoms with E-state index < -0.39 is 27.8 Å². The Morgan fingerprint density at radius 1 is 1.14 bits per heavy atom. The fourth-order valence-corrected chi connectivity index (χ4v) is 4.10. The van der Waals surface area contributed by atoms with E-state index in [2.05, 4.69) is 5.32 Å². The average molecular weight is 408 g/mol. The number of methoxy groups -OCH3 is 1. The summed E-state index contributed by atoms with van der Waals surface area (Å²) in [6.07, 6.45) is 1.91. The Hall–Kier alpha value is -2.61. The highest BCUT2D eigenvalue weighted by Crippen LogP contribution is 2.22. The van der Waals surface area contributed by atoms with Crippen LogP contribution >= 0.6 is 0 Å². The summed E-state index contributed by atoms with van der Waals surface area (Å²) in [5.74, 6) is -0.123. The third-order valence-electron chi connectivity index (χ3n) is 4.28. The highest BCUT2D eigenvalue weighted by molar-refractivity contribution is 7.92. The lowest BCUT2D eigenvalue weighted by Gasteiger charge is -2.30. The van der Waals surface area contributed by atoms with Crippen LogP contribution in [-0.2, 0) is 21.2 Å². The Balaban J connectivity index is 2.09. The number of rotatable bonds is 9. The SMILES string of the molecule is CCC(C(=O)NCCc1ccc(OC)cc1)N(c1ccc(F)cc1)S(C)(=O)=O. The Morgan fingerprint density at radius 2 is 1.75 bits per heavy atom. The third-order valence-corrected chi connectivity index (χ3v) is 5.46. The second kappa shape index (κ2) is 9.54. The molecule has 0 saturated heterocycles. The minimum Gasteiger partial charge on any atom is -0.497 e. The molecule has 2 aromatic rings. The number of carbonyl (C=O) groups is 1. The molecule has 0 spiro atoms. The van der Waals surface area contributed by atoms with Gasteiger partial charge >= 0.3 is 0 Å². The molecular weight excluding hydrogens is 383 g/mol. The first-order valence-corrected chi connectivity index (χ1v) is 10.8. The molecule has 6 nitrogen and oxygen atoms in total. The fraction of sp³-hybridized carbons (Fsp3) is 0.350. The van der Waals surface area contributed by atoms with Gasteiger partial charge in [-0.1, -0.05) is 19.1 Å². The number of sulfonamides is 1. The molecule has 2 aromatic carbocycles. The zero-order chi connectivity index (χ0) is 20.7. The minimum atomic E-state index is -3.74. The predicted octanol–water partition coefficient (Wildman–Crippen LogP) is 2.74. The summed E-state index contributed by atoms with van der Waals surface area (Å²) in [4.78, 5) is 12.7. The number of hydrogen-bond donors (Lipinski definition) is 1. The fourth-order valence-electron chi connectivity index (χ4n) is 2.89. The number of nitrogens with one attached hydrogen (secondary N) is 1. The van der Waals surface area contributed by atoms with Crippen molar-refractivity contribution in [1.82, 2.24) is 5.32 Å². The van der Waals surface area contributed by atoms with E-state index in [1.165, 1.54) is 24.3 Å². The molecule has 1 N–H and O–H groups in total. The number of anilines is 1. The van der Waals surface area contributed by atoms with E-state index in [1.54, 1.807) is 14.0 Å². The van der Waals surface area contributed by atoms with Gasteiger partial charge in [-0.05, 0) is 54.8 Å². The number of halogens is 1. The zero-order valence-electron chi connectivity index (χ0n) is 16.2. The van der Waals surface area contributed by atoms with E-state index in [0.717, 1.165) is 21.9 Å². The van der Waals surface area contributed by atoms with Gasteiger partial charge in [0.2, 0.25) is 15.9 Å². The topological polar surface area (TPSA) is 75.7 Å². The maximum absolute atomic E-state index is 13.2. The normalized spacial score (nSPS) is 12.3. The van der Waals surface area contributed by atoms with E-state index in [1.807, 2.05) is 24.3 Å². The average Bonchev–Trinajstić information content (AvgIpc) is 2.66. The molecule has 0 bridgehead atoms. The van der Waals surface area contributed by atoms with E-state index in [9.17, 15) is 17.6 Å². The second-order valence-electron chi connectivity index (χ2n) is 6.35. The van der Waals surface area contributed by atoms with Gasteiger partial charge in [-0.3, -0.25) is 9.10 Å². The van der Waals surface area contributed by atoms with Gasteiger partial charge in [0.15, 0.2) is 0 Å². The first-order chi connectivity index (χ1) is 13.3. The van der Waals surface area contributed by atoms with E-state index in [0.29, 0.717) is 13.0 Å². The van der Waals surface area contributed by atoms with Gasteiger partial charge in [0, 0.05) is 6.54 Å². The Labute approximate surface area is 165 Å². The molecule has 28 heavy (non-hydrogen) atoms. The van der Waals surface area contributed by atoms with Crippen molar-refractivity contribution >= 4 is 21.6 Å². The number of hydrogen-bond acceptors (Lipinski definition) is 4. The van der Waals surface area contributed by atoms with Crippen LogP contribution in [0.3, 0.4) is 0 Å². The Morgan fingerprint density at radius 3 is 2.25 bits per heavy atom. The molecule has 1 atom stereocenters. The molecule has 0 saturated carbocycles. The lowest BCUT2D eigenvalue weighted by atomic mass is 10.1. The molecule has 0 aliphatic carbocycles. The first-order valence-electron chi connectivity index (χ1n) is 8.92. The van der Waals surface area contributed by atoms with Gasteiger partial charge in [0.1, 0.15) is 17.6 Å². The van der Waals surface area contributed by atoms with Crippen molar-refractivity contribution in [2.45, 2.75) is 25.8 Å². The predicted molar refractivity (Wildman–Crippen MR) is 108 cm³/mol. The largest absolute Gasteiger partial charge is 0.497 e. The Bertz CT molecular complexity index is 883. The summed E-state index contributed by atoms with van der Waals surface area (Å²) in [6, 6.07) is 11.6. The van der Waals surface area contributed by atoms with Crippen LogP contribution in [-0.4, -0.2) is 40.3 Å². The summed E-state index contributed by atoms with van der Waals surface area (Å²) < 4.78 is 44.0. The molecular formula is C20H25FN2O4S. The molecule has 1 amide bonds. The standard InChI is InChI=1S/C20H25FN2O4S/c1-4-19(23(28(3,25)26)17-9-7-16(21)8-10-17)20(24)22-14-13-15-5-11-18(27-2)12-6-15/h5-12,19H,4,13-14H2,1-3H3,(H,22,24). The van der Waals surface area contributed by atoms with E-state index in [4.69, 9.17) is 4.74 Å². The zero-order valence-corrected chi connectivity index (χ0v) is 17.0. The number of ether oxygens (including phenoxy) is 1. The summed E-state index contributed by atoms with van der Waals surface area (Å²) in [7, 11) is -2.14. The lowest BCUT2D eigenvalue weighted by molar-refractivity contribution is -0.122. The molecule has 1 unspecified atom stereocenters.